The van der Waals surface area contributed by atoms with Gasteiger partial charge in [0.1, 0.15) is 6.23 Å². The van der Waals surface area contributed by atoms with Crippen molar-refractivity contribution in [3.8, 4) is 0 Å². The second kappa shape index (κ2) is 15.2. The summed E-state index contributed by atoms with van der Waals surface area (Å²) in [5.41, 5.74) is 0. The molecule has 0 aliphatic rings. The van der Waals surface area contributed by atoms with Crippen molar-refractivity contribution in [2.24, 2.45) is 0 Å². The molecule has 1 atom stereocenters. The van der Waals surface area contributed by atoms with Crippen molar-refractivity contribution in [2.75, 3.05) is 39.5 Å². The van der Waals surface area contributed by atoms with Crippen LogP contribution in [0.25, 0.3) is 0 Å². The van der Waals surface area contributed by atoms with Crippen LogP contribution in [0, 0.1) is 0 Å². The van der Waals surface area contributed by atoms with Gasteiger partial charge in [-0.25, -0.2) is 0 Å². The zero-order chi connectivity index (χ0) is 11.2. The van der Waals surface area contributed by atoms with Crippen molar-refractivity contribution in [3.63, 3.8) is 0 Å². The molecule has 0 aromatic carbocycles. The molecule has 0 fully saturated rings. The maximum atomic E-state index is 8.46. The highest BCUT2D eigenvalue weighted by atomic mass is 16.3. The van der Waals surface area contributed by atoms with E-state index >= 15 is 0 Å². The van der Waals surface area contributed by atoms with Crippen LogP contribution in [0.2, 0.25) is 0 Å². The van der Waals surface area contributed by atoms with Crippen LogP contribution in [0.1, 0.15) is 6.92 Å². The third kappa shape index (κ3) is 22.6. The van der Waals surface area contributed by atoms with E-state index in [1.165, 1.54) is 0 Å². The van der Waals surface area contributed by atoms with E-state index in [1.54, 1.807) is 6.92 Å². The molecule has 0 amide bonds. The van der Waals surface area contributed by atoms with E-state index in [9.17, 15) is 0 Å². The zero-order valence-corrected chi connectivity index (χ0v) is 8.61. The molecule has 0 aromatic rings. The smallest absolute Gasteiger partial charge is 0.102 e. The average molecular weight is 210 g/mol. The van der Waals surface area contributed by atoms with Crippen LogP contribution >= 0.6 is 0 Å². The summed E-state index contributed by atoms with van der Waals surface area (Å²) in [5, 5.41) is 38.3. The summed E-state index contributed by atoms with van der Waals surface area (Å²) < 4.78 is 0. The van der Waals surface area contributed by atoms with E-state index in [4.69, 9.17) is 20.4 Å². The Morgan fingerprint density at radius 1 is 0.929 bits per heavy atom. The van der Waals surface area contributed by atoms with Crippen LogP contribution in [0.5, 0.6) is 0 Å². The van der Waals surface area contributed by atoms with Crippen LogP contribution in [-0.4, -0.2) is 66.1 Å². The van der Waals surface area contributed by atoms with Gasteiger partial charge in [-0.05, 0) is 6.92 Å². The molecular formula is C8H22N2O4. The molecule has 0 bridgehead atoms. The van der Waals surface area contributed by atoms with Gasteiger partial charge in [0.05, 0.1) is 19.8 Å². The molecule has 14 heavy (non-hydrogen) atoms. The van der Waals surface area contributed by atoms with Gasteiger partial charge >= 0.3 is 0 Å². The second-order valence-electron chi connectivity index (χ2n) is 2.55. The molecule has 0 saturated heterocycles. The van der Waals surface area contributed by atoms with Gasteiger partial charge in [-0.2, -0.15) is 0 Å². The van der Waals surface area contributed by atoms with Gasteiger partial charge in [-0.1, -0.05) is 0 Å². The Bertz CT molecular complexity index is 89.4. The largest absolute Gasteiger partial charge is 0.395 e. The normalized spacial score (nSPS) is 11.8. The van der Waals surface area contributed by atoms with Gasteiger partial charge in [0.25, 0.3) is 0 Å². The molecule has 0 rings (SSSR count). The molecule has 6 heteroatoms. The van der Waals surface area contributed by atoms with Crippen molar-refractivity contribution < 1.29 is 20.4 Å². The minimum Gasteiger partial charge on any atom is -0.395 e. The molecule has 0 aliphatic carbocycles. The Morgan fingerprint density at radius 3 is 1.57 bits per heavy atom. The van der Waals surface area contributed by atoms with E-state index in [0.29, 0.717) is 19.6 Å². The maximum absolute atomic E-state index is 8.46. The first-order chi connectivity index (χ1) is 6.68. The average Bonchev–Trinajstić information content (AvgIpc) is 2.16. The molecule has 6 nitrogen and oxygen atoms in total. The van der Waals surface area contributed by atoms with Gasteiger partial charge in [-0.15, -0.1) is 0 Å². The lowest BCUT2D eigenvalue weighted by molar-refractivity contribution is 0.145. The summed E-state index contributed by atoms with van der Waals surface area (Å²) in [6, 6.07) is 0. The predicted molar refractivity (Wildman–Crippen MR) is 53.8 cm³/mol. The first kappa shape index (κ1) is 16.2. The zero-order valence-electron chi connectivity index (χ0n) is 8.61. The van der Waals surface area contributed by atoms with Crippen LogP contribution < -0.4 is 10.6 Å². The van der Waals surface area contributed by atoms with Crippen molar-refractivity contribution in [3.05, 3.63) is 0 Å². The third-order valence-corrected chi connectivity index (χ3v) is 1.13. The predicted octanol–water partition coefficient (Wildman–Crippen LogP) is -2.53. The van der Waals surface area contributed by atoms with Crippen LogP contribution in [0.15, 0.2) is 0 Å². The minimum absolute atomic E-state index is 0.0743. The maximum Gasteiger partial charge on any atom is 0.102 e. The lowest BCUT2D eigenvalue weighted by Crippen LogP contribution is -2.27. The third-order valence-electron chi connectivity index (χ3n) is 1.13. The van der Waals surface area contributed by atoms with Crippen molar-refractivity contribution in [1.82, 2.24) is 10.6 Å². The molecule has 0 saturated carbocycles. The van der Waals surface area contributed by atoms with Gasteiger partial charge in [0, 0.05) is 19.6 Å². The van der Waals surface area contributed by atoms with E-state index in [2.05, 4.69) is 10.6 Å². The summed E-state index contributed by atoms with van der Waals surface area (Å²) in [6.45, 7) is 3.55. The highest BCUT2D eigenvalue weighted by molar-refractivity contribution is 4.41. The highest BCUT2D eigenvalue weighted by Crippen LogP contribution is 1.66. The summed E-state index contributed by atoms with van der Waals surface area (Å²) in [4.78, 5) is 0. The number of hydrogen-bond donors (Lipinski definition) is 6. The monoisotopic (exact) mass is 210 g/mol. The number of aliphatic hydroxyl groups is 4. The Balaban J connectivity index is 0. The van der Waals surface area contributed by atoms with Crippen molar-refractivity contribution in [1.29, 1.82) is 0 Å². The Morgan fingerprint density at radius 2 is 1.36 bits per heavy atom. The molecule has 0 aromatic heterocycles. The second-order valence-corrected chi connectivity index (χ2v) is 2.55. The molecule has 1 unspecified atom stereocenters. The Hall–Kier alpha value is -0.240. The van der Waals surface area contributed by atoms with Crippen molar-refractivity contribution >= 4 is 0 Å². The van der Waals surface area contributed by atoms with Crippen LogP contribution in [0.4, 0.5) is 0 Å². The fraction of sp³-hybridized carbons (Fsp3) is 1.00. The molecule has 6 N–H and O–H groups in total. The SMILES string of the molecule is CC(O)NCCO.OCCNCCO. The number of rotatable bonds is 7. The molecule has 88 valence electrons. The summed E-state index contributed by atoms with van der Waals surface area (Å²) in [7, 11) is 0. The van der Waals surface area contributed by atoms with Gasteiger partial charge in [0.15, 0.2) is 0 Å². The van der Waals surface area contributed by atoms with E-state index in [1.807, 2.05) is 0 Å². The summed E-state index contributed by atoms with van der Waals surface area (Å²) in [6.07, 6.45) is -0.507. The van der Waals surface area contributed by atoms with E-state index < -0.39 is 6.23 Å². The summed E-state index contributed by atoms with van der Waals surface area (Å²) in [5.74, 6) is 0. The lowest BCUT2D eigenvalue weighted by Gasteiger charge is -2.02. The number of aliphatic hydroxyl groups excluding tert-OH is 4. The molecular weight excluding hydrogens is 188 g/mol. The topological polar surface area (TPSA) is 105 Å². The number of nitrogens with one attached hydrogen (secondary N) is 2. The first-order valence-corrected chi connectivity index (χ1v) is 4.63. The quantitative estimate of drug-likeness (QED) is 0.204. The van der Waals surface area contributed by atoms with Gasteiger partial charge in [-0.3, -0.25) is 5.32 Å². The molecule has 0 aliphatic heterocycles. The van der Waals surface area contributed by atoms with E-state index in [-0.39, 0.29) is 19.8 Å². The highest BCUT2D eigenvalue weighted by Gasteiger charge is 1.87. The molecule has 0 spiro atoms. The summed E-state index contributed by atoms with van der Waals surface area (Å²) >= 11 is 0. The molecule has 0 radical (unpaired) electrons. The minimum atomic E-state index is -0.507. The van der Waals surface area contributed by atoms with Crippen LogP contribution in [0.3, 0.4) is 0 Å². The van der Waals surface area contributed by atoms with E-state index in [0.717, 1.165) is 0 Å². The Labute approximate surface area is 84.6 Å². The fourth-order valence-corrected chi connectivity index (χ4v) is 0.557. The fourth-order valence-electron chi connectivity index (χ4n) is 0.557. The van der Waals surface area contributed by atoms with Gasteiger partial charge < -0.3 is 25.7 Å². The van der Waals surface area contributed by atoms with Crippen LogP contribution in [-0.2, 0) is 0 Å². The Kier molecular flexibility index (Phi) is 17.6. The standard InChI is InChI=1S/2C4H11NO2/c1-4(7)5-2-3-6;6-3-1-5-2-4-7/h4-7H,2-3H2,1H3;5-7H,1-4H2. The molecule has 0 heterocycles. The lowest BCUT2D eigenvalue weighted by atomic mass is 10.6. The van der Waals surface area contributed by atoms with Crippen molar-refractivity contribution in [2.45, 2.75) is 13.2 Å². The number of hydrogen-bond acceptors (Lipinski definition) is 6. The first-order valence-electron chi connectivity index (χ1n) is 4.63. The van der Waals surface area contributed by atoms with Gasteiger partial charge in [0.2, 0.25) is 0 Å².